The van der Waals surface area contributed by atoms with Gasteiger partial charge in [0.2, 0.25) is 17.6 Å². The van der Waals surface area contributed by atoms with Crippen molar-refractivity contribution >= 4 is 11.8 Å². The monoisotopic (exact) mass is 536 g/mol. The van der Waals surface area contributed by atoms with Crippen molar-refractivity contribution in [1.82, 2.24) is 30.4 Å². The third-order valence-corrected chi connectivity index (χ3v) is 5.67. The average Bonchev–Trinajstić information content (AvgIpc) is 3.33. The lowest BCUT2D eigenvalue weighted by Gasteiger charge is -2.33. The Balaban J connectivity index is 1.71. The molecule has 202 valence electrons. The molecular weight excluding hydrogens is 509 g/mol. The molecule has 0 fully saturated rings. The molecular formula is C28H27F3N6O2. The first-order chi connectivity index (χ1) is 18.5. The van der Waals surface area contributed by atoms with Crippen molar-refractivity contribution in [2.45, 2.75) is 45.4 Å². The van der Waals surface area contributed by atoms with Gasteiger partial charge in [-0.25, -0.2) is 13.2 Å². The Kier molecular flexibility index (Phi) is 8.08. The minimum Gasteiger partial charge on any atom is -0.349 e. The van der Waals surface area contributed by atoms with Crippen molar-refractivity contribution in [2.24, 2.45) is 0 Å². The second-order valence-electron chi connectivity index (χ2n) is 9.96. The lowest BCUT2D eigenvalue weighted by atomic mass is 10.0. The van der Waals surface area contributed by atoms with Crippen LogP contribution in [0.15, 0.2) is 72.8 Å². The van der Waals surface area contributed by atoms with Crippen molar-refractivity contribution < 1.29 is 22.8 Å². The average molecular weight is 537 g/mol. The van der Waals surface area contributed by atoms with Gasteiger partial charge in [0.15, 0.2) is 0 Å². The second kappa shape index (κ2) is 11.5. The van der Waals surface area contributed by atoms with E-state index in [1.54, 1.807) is 26.8 Å². The number of halogens is 3. The molecule has 1 heterocycles. The van der Waals surface area contributed by atoms with Gasteiger partial charge in [-0.15, -0.1) is 10.2 Å². The third-order valence-electron chi connectivity index (χ3n) is 5.67. The summed E-state index contributed by atoms with van der Waals surface area (Å²) in [6.07, 6.45) is 0. The molecule has 0 spiro atoms. The molecule has 2 amide bonds. The van der Waals surface area contributed by atoms with Crippen molar-refractivity contribution in [1.29, 1.82) is 0 Å². The number of carbonyl (C=O) groups excluding carboxylic acids is 2. The minimum absolute atomic E-state index is 0.00783. The predicted octanol–water partition coefficient (Wildman–Crippen LogP) is 4.44. The van der Waals surface area contributed by atoms with Crippen LogP contribution in [0.25, 0.3) is 11.4 Å². The van der Waals surface area contributed by atoms with Crippen LogP contribution in [-0.4, -0.2) is 42.5 Å². The summed E-state index contributed by atoms with van der Waals surface area (Å²) >= 11 is 0. The first kappa shape index (κ1) is 27.5. The fraction of sp³-hybridized carbons (Fsp3) is 0.250. The van der Waals surface area contributed by atoms with Gasteiger partial charge in [-0.2, -0.15) is 4.80 Å². The quantitative estimate of drug-likeness (QED) is 0.359. The van der Waals surface area contributed by atoms with E-state index in [4.69, 9.17) is 0 Å². The molecule has 0 aliphatic rings. The summed E-state index contributed by atoms with van der Waals surface area (Å²) in [5.74, 6) is -2.58. The van der Waals surface area contributed by atoms with E-state index in [-0.39, 0.29) is 17.9 Å². The smallest absolute Gasteiger partial charge is 0.247 e. The molecule has 0 radical (unpaired) electrons. The Labute approximate surface area is 223 Å². The van der Waals surface area contributed by atoms with Crippen molar-refractivity contribution in [3.05, 3.63) is 101 Å². The van der Waals surface area contributed by atoms with E-state index in [1.165, 1.54) is 71.6 Å². The van der Waals surface area contributed by atoms with Crippen LogP contribution in [0.1, 0.15) is 37.9 Å². The van der Waals surface area contributed by atoms with Gasteiger partial charge >= 0.3 is 0 Å². The summed E-state index contributed by atoms with van der Waals surface area (Å²) in [4.78, 5) is 29.6. The number of hydrogen-bond acceptors (Lipinski definition) is 5. The van der Waals surface area contributed by atoms with Crippen LogP contribution >= 0.6 is 0 Å². The van der Waals surface area contributed by atoms with Crippen molar-refractivity contribution in [2.75, 3.05) is 0 Å². The predicted molar refractivity (Wildman–Crippen MR) is 137 cm³/mol. The number of carbonyl (C=O) groups is 2. The number of amides is 2. The number of hydrogen-bond donors (Lipinski definition) is 1. The lowest BCUT2D eigenvalue weighted by Crippen LogP contribution is -2.49. The number of rotatable bonds is 8. The highest BCUT2D eigenvalue weighted by atomic mass is 19.1. The highest BCUT2D eigenvalue weighted by Gasteiger charge is 2.34. The van der Waals surface area contributed by atoms with Crippen LogP contribution in [0, 0.1) is 17.5 Å². The van der Waals surface area contributed by atoms with E-state index >= 15 is 0 Å². The van der Waals surface area contributed by atoms with Crippen LogP contribution in [0.3, 0.4) is 0 Å². The molecule has 0 saturated carbocycles. The molecule has 8 nitrogen and oxygen atoms in total. The van der Waals surface area contributed by atoms with Crippen molar-refractivity contribution in [3.63, 3.8) is 0 Å². The van der Waals surface area contributed by atoms with E-state index < -0.39 is 47.4 Å². The molecule has 1 aromatic heterocycles. The van der Waals surface area contributed by atoms with Gasteiger partial charge in [-0.3, -0.25) is 9.59 Å². The molecule has 3 aromatic carbocycles. The molecule has 0 saturated heterocycles. The zero-order chi connectivity index (χ0) is 28.2. The Bertz CT molecular complexity index is 1450. The maximum absolute atomic E-state index is 14.2. The molecule has 0 aliphatic heterocycles. The number of benzene rings is 3. The fourth-order valence-corrected chi connectivity index (χ4v) is 3.94. The van der Waals surface area contributed by atoms with Gasteiger partial charge in [-0.05, 0) is 73.5 Å². The van der Waals surface area contributed by atoms with Gasteiger partial charge in [0, 0.05) is 12.1 Å². The molecule has 0 unspecified atom stereocenters. The van der Waals surface area contributed by atoms with Crippen LogP contribution in [0.5, 0.6) is 0 Å². The summed E-state index contributed by atoms with van der Waals surface area (Å²) in [6, 6.07) is 15.5. The highest BCUT2D eigenvalue weighted by Crippen LogP contribution is 2.26. The van der Waals surface area contributed by atoms with E-state index in [1.807, 2.05) is 0 Å². The Hall–Kier alpha value is -4.54. The highest BCUT2D eigenvalue weighted by molar-refractivity contribution is 5.89. The molecule has 11 heteroatoms. The van der Waals surface area contributed by atoms with Gasteiger partial charge in [0.05, 0.1) is 5.56 Å². The Morgan fingerprint density at radius 1 is 0.923 bits per heavy atom. The van der Waals surface area contributed by atoms with Crippen molar-refractivity contribution in [3.8, 4) is 11.4 Å². The zero-order valence-electron chi connectivity index (χ0n) is 21.6. The number of nitrogens with one attached hydrogen (secondary N) is 1. The second-order valence-corrected chi connectivity index (χ2v) is 9.96. The maximum atomic E-state index is 14.2. The molecule has 39 heavy (non-hydrogen) atoms. The van der Waals surface area contributed by atoms with E-state index in [2.05, 4.69) is 20.7 Å². The van der Waals surface area contributed by atoms with E-state index in [0.717, 1.165) is 4.80 Å². The van der Waals surface area contributed by atoms with E-state index in [0.29, 0.717) is 11.1 Å². The largest absolute Gasteiger partial charge is 0.349 e. The Morgan fingerprint density at radius 2 is 1.54 bits per heavy atom. The fourth-order valence-electron chi connectivity index (χ4n) is 3.94. The summed E-state index contributed by atoms with van der Waals surface area (Å²) < 4.78 is 41.5. The van der Waals surface area contributed by atoms with Crippen LogP contribution in [0.4, 0.5) is 13.2 Å². The lowest BCUT2D eigenvalue weighted by molar-refractivity contribution is -0.143. The number of tetrazole rings is 1. The third kappa shape index (κ3) is 7.07. The summed E-state index contributed by atoms with van der Waals surface area (Å²) in [6.45, 7) is 4.88. The molecule has 0 bridgehead atoms. The SMILES string of the molecule is CC(C)(C)NC(=O)[C@H](c1ccc(F)cc1)N(Cc1ccc(F)cc1)C(=O)Cn1nnc(-c2ccccc2F)n1. The number of nitrogens with zero attached hydrogens (tertiary/aromatic N) is 5. The summed E-state index contributed by atoms with van der Waals surface area (Å²) in [5, 5.41) is 14.8. The van der Waals surface area contributed by atoms with Gasteiger partial charge in [0.25, 0.3) is 0 Å². The van der Waals surface area contributed by atoms with E-state index in [9.17, 15) is 22.8 Å². The summed E-state index contributed by atoms with van der Waals surface area (Å²) in [7, 11) is 0. The first-order valence-electron chi connectivity index (χ1n) is 12.1. The maximum Gasteiger partial charge on any atom is 0.247 e. The van der Waals surface area contributed by atoms with Gasteiger partial charge < -0.3 is 10.2 Å². The van der Waals surface area contributed by atoms with Gasteiger partial charge in [-0.1, -0.05) is 36.4 Å². The molecule has 0 aliphatic carbocycles. The molecule has 4 rings (SSSR count). The van der Waals surface area contributed by atoms with Crippen LogP contribution in [-0.2, 0) is 22.7 Å². The van der Waals surface area contributed by atoms with Gasteiger partial charge in [0.1, 0.15) is 30.0 Å². The minimum atomic E-state index is -1.17. The zero-order valence-corrected chi connectivity index (χ0v) is 21.6. The molecule has 1 atom stereocenters. The normalized spacial score (nSPS) is 12.2. The Morgan fingerprint density at radius 3 is 2.15 bits per heavy atom. The molecule has 1 N–H and O–H groups in total. The standard InChI is InChI=1S/C28H27F3N6O2/c1-28(2,3)32-27(39)25(19-10-14-21(30)15-11-19)36(16-18-8-12-20(29)13-9-18)24(38)17-37-34-26(33-35-37)22-6-4-5-7-23(22)31/h4-15,25H,16-17H2,1-3H3,(H,32,39)/t25-/m0/s1. The summed E-state index contributed by atoms with van der Waals surface area (Å²) in [5.41, 5.74) is 0.404. The number of aromatic nitrogens is 4. The van der Waals surface area contributed by atoms with Crippen LogP contribution in [0.2, 0.25) is 0 Å². The van der Waals surface area contributed by atoms with Crippen LogP contribution < -0.4 is 5.32 Å². The molecule has 4 aromatic rings. The first-order valence-corrected chi connectivity index (χ1v) is 12.1. The topological polar surface area (TPSA) is 93.0 Å².